The van der Waals surface area contributed by atoms with Crippen molar-refractivity contribution in [1.82, 2.24) is 20.0 Å². The van der Waals surface area contributed by atoms with E-state index in [1.54, 1.807) is 25.8 Å². The smallest absolute Gasteiger partial charge is 0.274 e. The summed E-state index contributed by atoms with van der Waals surface area (Å²) in [5.41, 5.74) is 7.18. The molecule has 1 rings (SSSR count). The minimum atomic E-state index is -0.322. The Balaban J connectivity index is 2.72. The molecule has 0 aliphatic heterocycles. The second kappa shape index (κ2) is 7.63. The number of ether oxygens (including phenoxy) is 1. The number of aromatic nitrogens is 2. The molecule has 118 valence electrons. The van der Waals surface area contributed by atoms with Crippen LogP contribution >= 0.6 is 0 Å². The number of carbonyl (C=O) groups excluding carboxylic acids is 2. The summed E-state index contributed by atoms with van der Waals surface area (Å²) in [7, 11) is 3.11. The first-order valence-electron chi connectivity index (χ1n) is 6.76. The van der Waals surface area contributed by atoms with Crippen LogP contribution in [-0.4, -0.2) is 60.3 Å². The van der Waals surface area contributed by atoms with Crippen molar-refractivity contribution in [3.63, 3.8) is 0 Å². The van der Waals surface area contributed by atoms with E-state index in [1.165, 1.54) is 4.90 Å². The molecule has 21 heavy (non-hydrogen) atoms. The van der Waals surface area contributed by atoms with Crippen LogP contribution in [0.25, 0.3) is 0 Å². The maximum absolute atomic E-state index is 12.4. The van der Waals surface area contributed by atoms with Gasteiger partial charge in [-0.2, -0.15) is 5.10 Å². The number of hydrogen-bond donors (Lipinski definition) is 2. The molecule has 1 heterocycles. The van der Waals surface area contributed by atoms with Crippen molar-refractivity contribution in [3.8, 4) is 0 Å². The molecule has 0 fully saturated rings. The van der Waals surface area contributed by atoms with Gasteiger partial charge in [0, 0.05) is 27.2 Å². The normalized spacial score (nSPS) is 10.5. The fourth-order valence-corrected chi connectivity index (χ4v) is 1.87. The zero-order chi connectivity index (χ0) is 16.0. The van der Waals surface area contributed by atoms with E-state index >= 15 is 0 Å². The second-order valence-corrected chi connectivity index (χ2v) is 4.67. The van der Waals surface area contributed by atoms with Crippen molar-refractivity contribution in [2.24, 2.45) is 0 Å². The van der Waals surface area contributed by atoms with Gasteiger partial charge in [0.1, 0.15) is 5.69 Å². The fourth-order valence-electron chi connectivity index (χ4n) is 1.87. The number of methoxy groups -OCH3 is 1. The summed E-state index contributed by atoms with van der Waals surface area (Å²) in [5.74, 6) is -0.572. The van der Waals surface area contributed by atoms with Crippen LogP contribution in [0.2, 0.25) is 0 Å². The zero-order valence-corrected chi connectivity index (χ0v) is 13.0. The van der Waals surface area contributed by atoms with Gasteiger partial charge in [-0.25, -0.2) is 0 Å². The molecule has 0 saturated carbocycles. The molecule has 0 radical (unpaired) electrons. The summed E-state index contributed by atoms with van der Waals surface area (Å²) in [5, 5.41) is 6.86. The largest absolute Gasteiger partial charge is 0.395 e. The highest BCUT2D eigenvalue weighted by molar-refractivity contribution is 5.99. The Hall–Kier alpha value is -2.09. The third-order valence-electron chi connectivity index (χ3n) is 3.03. The number of aryl methyl sites for hydroxylation is 2. The first-order chi connectivity index (χ1) is 9.92. The molecule has 0 aromatic carbocycles. The van der Waals surface area contributed by atoms with Gasteiger partial charge in [0.15, 0.2) is 0 Å². The van der Waals surface area contributed by atoms with Crippen molar-refractivity contribution in [2.75, 3.05) is 39.6 Å². The summed E-state index contributed by atoms with van der Waals surface area (Å²) >= 11 is 0. The highest BCUT2D eigenvalue weighted by atomic mass is 16.5. The Bertz CT molecular complexity index is 512. The van der Waals surface area contributed by atoms with Crippen LogP contribution in [0.5, 0.6) is 0 Å². The van der Waals surface area contributed by atoms with Crippen LogP contribution in [0.3, 0.4) is 0 Å². The molecule has 1 aromatic heterocycles. The zero-order valence-electron chi connectivity index (χ0n) is 13.0. The topological polar surface area (TPSA) is 102 Å². The summed E-state index contributed by atoms with van der Waals surface area (Å²) in [6.07, 6.45) is 0. The molecule has 0 unspecified atom stereocenters. The number of nitrogens with zero attached hydrogens (tertiary/aromatic N) is 3. The number of likely N-dealkylation sites (N-methyl/N-ethyl adjacent to an activating group) is 1. The third kappa shape index (κ3) is 4.19. The Morgan fingerprint density at radius 1 is 1.48 bits per heavy atom. The highest BCUT2D eigenvalue weighted by Crippen LogP contribution is 2.17. The van der Waals surface area contributed by atoms with Gasteiger partial charge in [0.25, 0.3) is 5.91 Å². The van der Waals surface area contributed by atoms with Crippen molar-refractivity contribution < 1.29 is 14.3 Å². The van der Waals surface area contributed by atoms with Crippen LogP contribution in [0.1, 0.15) is 23.1 Å². The summed E-state index contributed by atoms with van der Waals surface area (Å²) in [6, 6.07) is 0. The van der Waals surface area contributed by atoms with Gasteiger partial charge in [-0.3, -0.25) is 14.3 Å². The van der Waals surface area contributed by atoms with Gasteiger partial charge in [0.2, 0.25) is 5.91 Å². The minimum absolute atomic E-state index is 0.0457. The number of nitrogen functional groups attached to an aromatic ring is 1. The van der Waals surface area contributed by atoms with Gasteiger partial charge in [0.05, 0.1) is 24.5 Å². The van der Waals surface area contributed by atoms with Crippen LogP contribution in [0, 0.1) is 6.92 Å². The fraction of sp³-hybridized carbons (Fsp3) is 0.615. The van der Waals surface area contributed by atoms with Crippen LogP contribution in [0.4, 0.5) is 5.69 Å². The van der Waals surface area contributed by atoms with E-state index in [0.29, 0.717) is 36.8 Å². The average Bonchev–Trinajstić information content (AvgIpc) is 2.73. The third-order valence-corrected chi connectivity index (χ3v) is 3.03. The first-order valence-corrected chi connectivity index (χ1v) is 6.76. The van der Waals surface area contributed by atoms with E-state index in [0.717, 1.165) is 0 Å². The molecule has 2 amide bonds. The number of nitrogens with two attached hydrogens (primary N) is 1. The molecule has 0 spiro atoms. The summed E-state index contributed by atoms with van der Waals surface area (Å²) in [4.78, 5) is 25.4. The van der Waals surface area contributed by atoms with Gasteiger partial charge >= 0.3 is 0 Å². The van der Waals surface area contributed by atoms with Gasteiger partial charge in [-0.15, -0.1) is 0 Å². The van der Waals surface area contributed by atoms with Gasteiger partial charge < -0.3 is 20.7 Å². The van der Waals surface area contributed by atoms with E-state index in [9.17, 15) is 9.59 Å². The Morgan fingerprint density at radius 3 is 2.71 bits per heavy atom. The lowest BCUT2D eigenvalue weighted by molar-refractivity contribution is -0.121. The number of nitrogens with one attached hydrogen (secondary N) is 1. The minimum Gasteiger partial charge on any atom is -0.395 e. The Morgan fingerprint density at radius 2 is 2.14 bits per heavy atom. The lowest BCUT2D eigenvalue weighted by Crippen LogP contribution is -2.40. The maximum Gasteiger partial charge on any atom is 0.274 e. The lowest BCUT2D eigenvalue weighted by Gasteiger charge is -2.17. The molecular weight excluding hydrogens is 274 g/mol. The second-order valence-electron chi connectivity index (χ2n) is 4.67. The number of anilines is 1. The predicted molar refractivity (Wildman–Crippen MR) is 78.9 cm³/mol. The summed E-state index contributed by atoms with van der Waals surface area (Å²) < 4.78 is 6.39. The first kappa shape index (κ1) is 17.0. The number of amides is 2. The molecule has 1 aromatic rings. The van der Waals surface area contributed by atoms with Crippen molar-refractivity contribution in [1.29, 1.82) is 0 Å². The van der Waals surface area contributed by atoms with E-state index in [-0.39, 0.29) is 18.4 Å². The lowest BCUT2D eigenvalue weighted by atomic mass is 10.2. The average molecular weight is 297 g/mol. The van der Waals surface area contributed by atoms with Crippen LogP contribution in [0.15, 0.2) is 0 Å². The predicted octanol–water partition coefficient (Wildman–Crippen LogP) is -0.372. The quantitative estimate of drug-likeness (QED) is 0.668. The number of hydrogen-bond acceptors (Lipinski definition) is 5. The van der Waals surface area contributed by atoms with Crippen molar-refractivity contribution >= 4 is 17.5 Å². The molecule has 8 heteroatoms. The highest BCUT2D eigenvalue weighted by Gasteiger charge is 2.23. The van der Waals surface area contributed by atoms with Crippen molar-refractivity contribution in [2.45, 2.75) is 20.4 Å². The molecule has 8 nitrogen and oxygen atoms in total. The Kier molecular flexibility index (Phi) is 6.16. The van der Waals surface area contributed by atoms with Crippen LogP contribution < -0.4 is 11.1 Å². The summed E-state index contributed by atoms with van der Waals surface area (Å²) in [6.45, 7) is 4.95. The maximum atomic E-state index is 12.4. The van der Waals surface area contributed by atoms with Gasteiger partial charge in [-0.1, -0.05) is 0 Å². The van der Waals surface area contributed by atoms with E-state index in [2.05, 4.69) is 10.4 Å². The van der Waals surface area contributed by atoms with E-state index in [1.807, 2.05) is 6.92 Å². The Labute approximate surface area is 124 Å². The molecule has 0 atom stereocenters. The van der Waals surface area contributed by atoms with E-state index in [4.69, 9.17) is 10.5 Å². The molecule has 3 N–H and O–H groups in total. The molecule has 0 bridgehead atoms. The molecular formula is C13H23N5O3. The standard InChI is InChI=1S/C13H23N5O3/c1-5-18-12(11(14)9(2)16-18)13(20)17(3)8-10(19)15-6-7-21-4/h5-8,14H2,1-4H3,(H,15,19). The molecule has 0 aliphatic carbocycles. The van der Waals surface area contributed by atoms with Gasteiger partial charge in [-0.05, 0) is 13.8 Å². The van der Waals surface area contributed by atoms with E-state index < -0.39 is 0 Å². The molecule has 0 saturated heterocycles. The monoisotopic (exact) mass is 297 g/mol. The van der Waals surface area contributed by atoms with Crippen LogP contribution in [-0.2, 0) is 16.1 Å². The molecule has 0 aliphatic rings. The SMILES string of the molecule is CCn1nc(C)c(N)c1C(=O)N(C)CC(=O)NCCOC. The van der Waals surface area contributed by atoms with Crippen molar-refractivity contribution in [3.05, 3.63) is 11.4 Å². The number of rotatable bonds is 7. The number of carbonyl (C=O) groups is 2.